The van der Waals surface area contributed by atoms with Crippen molar-refractivity contribution in [3.8, 4) is 0 Å². The zero-order valence-corrected chi connectivity index (χ0v) is 13.8. The molecular weight excluding hydrogens is 310 g/mol. The molecule has 5 nitrogen and oxygen atoms in total. The van der Waals surface area contributed by atoms with Crippen LogP contribution in [-0.4, -0.2) is 50.8 Å². The number of rotatable bonds is 5. The number of aromatic nitrogens is 2. The molecule has 0 bridgehead atoms. The third kappa shape index (κ3) is 3.82. The minimum absolute atomic E-state index is 0.135. The van der Waals surface area contributed by atoms with Gasteiger partial charge < -0.3 is 10.0 Å². The summed E-state index contributed by atoms with van der Waals surface area (Å²) in [6.07, 6.45) is 7.35. The topological polar surface area (TPSA) is 66.3 Å². The predicted molar refractivity (Wildman–Crippen MR) is 91.3 cm³/mol. The molecule has 0 radical (unpaired) electrons. The second-order valence-corrected chi connectivity index (χ2v) is 6.69. The van der Waals surface area contributed by atoms with Crippen molar-refractivity contribution in [2.45, 2.75) is 36.8 Å². The number of amides is 1. The van der Waals surface area contributed by atoms with E-state index in [9.17, 15) is 9.90 Å². The molecular formula is C17H21N3O2S. The van der Waals surface area contributed by atoms with E-state index < -0.39 is 0 Å². The number of hydrogen-bond acceptors (Lipinski definition) is 5. The number of piperidine rings is 1. The highest BCUT2D eigenvalue weighted by atomic mass is 32.2. The molecule has 3 heterocycles. The van der Waals surface area contributed by atoms with Crippen LogP contribution in [0.15, 0.2) is 35.6 Å². The van der Waals surface area contributed by atoms with Crippen molar-refractivity contribution in [3.05, 3.63) is 30.6 Å². The number of carbonyl (C=O) groups is 1. The average Bonchev–Trinajstić information content (AvgIpc) is 2.60. The lowest BCUT2D eigenvalue weighted by Gasteiger charge is -2.35. The lowest BCUT2D eigenvalue weighted by Crippen LogP contribution is -2.45. The van der Waals surface area contributed by atoms with Gasteiger partial charge in [0.15, 0.2) is 0 Å². The van der Waals surface area contributed by atoms with Crippen molar-refractivity contribution in [1.82, 2.24) is 14.9 Å². The predicted octanol–water partition coefficient (Wildman–Crippen LogP) is 2.49. The van der Waals surface area contributed by atoms with E-state index >= 15 is 0 Å². The second kappa shape index (κ2) is 7.75. The van der Waals surface area contributed by atoms with E-state index in [1.807, 2.05) is 23.1 Å². The van der Waals surface area contributed by atoms with E-state index in [1.165, 1.54) is 11.8 Å². The summed E-state index contributed by atoms with van der Waals surface area (Å²) in [7, 11) is 0. The average molecular weight is 331 g/mol. The molecule has 2 aromatic heterocycles. The van der Waals surface area contributed by atoms with Crippen LogP contribution in [-0.2, 0) is 4.79 Å². The molecule has 1 amide bonds. The fourth-order valence-electron chi connectivity index (χ4n) is 3.08. The summed E-state index contributed by atoms with van der Waals surface area (Å²) in [6.45, 7) is 0.937. The number of likely N-dealkylation sites (tertiary alicyclic amines) is 1. The van der Waals surface area contributed by atoms with Crippen LogP contribution in [0.1, 0.15) is 25.7 Å². The Morgan fingerprint density at radius 3 is 3.09 bits per heavy atom. The van der Waals surface area contributed by atoms with Crippen LogP contribution in [0.4, 0.5) is 0 Å². The van der Waals surface area contributed by atoms with Gasteiger partial charge in [0.1, 0.15) is 5.03 Å². The maximum absolute atomic E-state index is 12.6. The van der Waals surface area contributed by atoms with E-state index in [1.54, 1.807) is 12.4 Å². The third-order valence-corrected chi connectivity index (χ3v) is 5.23. The van der Waals surface area contributed by atoms with Gasteiger partial charge in [0.2, 0.25) is 5.91 Å². The van der Waals surface area contributed by atoms with Gasteiger partial charge in [-0.15, -0.1) is 0 Å². The van der Waals surface area contributed by atoms with Gasteiger partial charge in [0, 0.05) is 37.0 Å². The van der Waals surface area contributed by atoms with Gasteiger partial charge in [0.25, 0.3) is 0 Å². The van der Waals surface area contributed by atoms with Gasteiger partial charge in [-0.3, -0.25) is 9.78 Å². The van der Waals surface area contributed by atoms with Crippen molar-refractivity contribution in [2.75, 3.05) is 18.9 Å². The summed E-state index contributed by atoms with van der Waals surface area (Å²) >= 11 is 1.47. The summed E-state index contributed by atoms with van der Waals surface area (Å²) in [5.74, 6) is 0.513. The molecule has 2 aromatic rings. The molecule has 1 fully saturated rings. The third-order valence-electron chi connectivity index (χ3n) is 4.24. The monoisotopic (exact) mass is 331 g/mol. The second-order valence-electron chi connectivity index (χ2n) is 5.72. The summed E-state index contributed by atoms with van der Waals surface area (Å²) in [6, 6.07) is 5.93. The fraction of sp³-hybridized carbons (Fsp3) is 0.471. The highest BCUT2D eigenvalue weighted by Gasteiger charge is 2.26. The summed E-state index contributed by atoms with van der Waals surface area (Å²) < 4.78 is 0. The lowest BCUT2D eigenvalue weighted by atomic mass is 10.00. The van der Waals surface area contributed by atoms with Crippen LogP contribution >= 0.6 is 11.8 Å². The van der Waals surface area contributed by atoms with Crippen molar-refractivity contribution in [2.24, 2.45) is 0 Å². The Hall–Kier alpha value is -1.66. The molecule has 1 N–H and O–H groups in total. The first-order valence-corrected chi connectivity index (χ1v) is 9.01. The Balaban J connectivity index is 1.68. The van der Waals surface area contributed by atoms with E-state index in [0.29, 0.717) is 12.2 Å². The van der Waals surface area contributed by atoms with E-state index in [0.717, 1.165) is 41.7 Å². The molecule has 1 atom stereocenters. The van der Waals surface area contributed by atoms with Crippen molar-refractivity contribution >= 4 is 28.6 Å². The fourth-order valence-corrected chi connectivity index (χ4v) is 3.97. The Kier molecular flexibility index (Phi) is 5.46. The molecule has 1 saturated heterocycles. The zero-order chi connectivity index (χ0) is 16.1. The van der Waals surface area contributed by atoms with Gasteiger partial charge >= 0.3 is 0 Å². The van der Waals surface area contributed by atoms with E-state index in [4.69, 9.17) is 0 Å². The molecule has 122 valence electrons. The van der Waals surface area contributed by atoms with Gasteiger partial charge in [-0.2, -0.15) is 0 Å². The number of thioether (sulfide) groups is 1. The van der Waals surface area contributed by atoms with Crippen molar-refractivity contribution in [1.29, 1.82) is 0 Å². The first kappa shape index (κ1) is 16.2. The number of nitrogens with zero attached hydrogens (tertiary/aromatic N) is 3. The molecule has 1 unspecified atom stereocenters. The Morgan fingerprint density at radius 1 is 1.30 bits per heavy atom. The normalized spacial score (nSPS) is 18.3. The van der Waals surface area contributed by atoms with Crippen LogP contribution < -0.4 is 0 Å². The molecule has 23 heavy (non-hydrogen) atoms. The minimum atomic E-state index is 0.135. The molecule has 1 aliphatic heterocycles. The van der Waals surface area contributed by atoms with Crippen LogP contribution in [0, 0.1) is 0 Å². The Morgan fingerprint density at radius 2 is 2.22 bits per heavy atom. The standard InChI is InChI=1S/C17H21N3O2S/c21-11-7-13-4-1-2-10-20(13)16(22)12-23-17-14-5-3-8-18-15(14)6-9-19-17/h3,5-6,8-9,13,21H,1-2,4,7,10-12H2. The van der Waals surface area contributed by atoms with Gasteiger partial charge in [-0.25, -0.2) is 4.98 Å². The SMILES string of the molecule is O=C(CSc1nccc2ncccc12)N1CCCCC1CCO. The Bertz CT molecular complexity index is 672. The summed E-state index contributed by atoms with van der Waals surface area (Å²) in [4.78, 5) is 23.2. The first-order valence-electron chi connectivity index (χ1n) is 8.02. The Labute approximate surface area is 140 Å². The molecule has 0 aliphatic carbocycles. The molecule has 0 spiro atoms. The maximum Gasteiger partial charge on any atom is 0.233 e. The van der Waals surface area contributed by atoms with E-state index in [-0.39, 0.29) is 18.6 Å². The van der Waals surface area contributed by atoms with Crippen molar-refractivity contribution in [3.63, 3.8) is 0 Å². The number of aliphatic hydroxyl groups is 1. The quantitative estimate of drug-likeness (QED) is 0.853. The molecule has 0 aromatic carbocycles. The highest BCUT2D eigenvalue weighted by molar-refractivity contribution is 8.00. The van der Waals surface area contributed by atoms with Crippen LogP contribution in [0.5, 0.6) is 0 Å². The number of pyridine rings is 2. The van der Waals surface area contributed by atoms with Crippen LogP contribution in [0.2, 0.25) is 0 Å². The largest absolute Gasteiger partial charge is 0.396 e. The number of carbonyl (C=O) groups excluding carboxylic acids is 1. The molecule has 3 rings (SSSR count). The molecule has 0 saturated carbocycles. The first-order chi connectivity index (χ1) is 11.3. The van der Waals surface area contributed by atoms with Crippen LogP contribution in [0.25, 0.3) is 10.9 Å². The van der Waals surface area contributed by atoms with Gasteiger partial charge in [0.05, 0.1) is 11.3 Å². The number of aliphatic hydroxyl groups excluding tert-OH is 1. The minimum Gasteiger partial charge on any atom is -0.396 e. The number of hydrogen-bond donors (Lipinski definition) is 1. The van der Waals surface area contributed by atoms with Crippen molar-refractivity contribution < 1.29 is 9.90 Å². The maximum atomic E-state index is 12.6. The lowest BCUT2D eigenvalue weighted by molar-refractivity contribution is -0.132. The molecule has 6 heteroatoms. The van der Waals surface area contributed by atoms with Gasteiger partial charge in [-0.05, 0) is 43.9 Å². The molecule has 1 aliphatic rings. The van der Waals surface area contributed by atoms with E-state index in [2.05, 4.69) is 9.97 Å². The van der Waals surface area contributed by atoms with Gasteiger partial charge in [-0.1, -0.05) is 11.8 Å². The summed E-state index contributed by atoms with van der Waals surface area (Å²) in [5, 5.41) is 11.0. The number of fused-ring (bicyclic) bond motifs is 1. The van der Waals surface area contributed by atoms with Crippen LogP contribution in [0.3, 0.4) is 0 Å². The summed E-state index contributed by atoms with van der Waals surface area (Å²) in [5.41, 5.74) is 0.897. The smallest absolute Gasteiger partial charge is 0.233 e. The highest BCUT2D eigenvalue weighted by Crippen LogP contribution is 2.26. The zero-order valence-electron chi connectivity index (χ0n) is 13.0.